The summed E-state index contributed by atoms with van der Waals surface area (Å²) in [5.74, 6) is 0. The van der Waals surface area contributed by atoms with Gasteiger partial charge in [0, 0.05) is 0 Å². The molecule has 0 N–H and O–H groups in total. The summed E-state index contributed by atoms with van der Waals surface area (Å²) in [7, 11) is 14.9. The van der Waals surface area contributed by atoms with E-state index in [9.17, 15) is 0 Å². The fourth-order valence-corrected chi connectivity index (χ4v) is 19.7. The topological polar surface area (TPSA) is 0 Å². The molecule has 164 valence electrons. The Bertz CT molecular complexity index is 966. The third kappa shape index (κ3) is 3.57. The Morgan fingerprint density at radius 3 is 1.13 bits per heavy atom. The molecule has 0 saturated heterocycles. The molecule has 1 aromatic carbocycles. The Morgan fingerprint density at radius 2 is 0.900 bits per heavy atom. The van der Waals surface area contributed by atoms with Crippen molar-refractivity contribution in [3.05, 3.63) is 43.8 Å². The van der Waals surface area contributed by atoms with Crippen LogP contribution in [0.3, 0.4) is 0 Å². The predicted molar refractivity (Wildman–Crippen MR) is 144 cm³/mol. The number of hydrogen-bond acceptors (Lipinski definition) is 0. The van der Waals surface area contributed by atoms with Crippen molar-refractivity contribution >= 4 is 65.7 Å². The van der Waals surface area contributed by atoms with Crippen molar-refractivity contribution < 1.29 is 0 Å². The van der Waals surface area contributed by atoms with Gasteiger partial charge in [0.25, 0.3) is 0 Å². The van der Waals surface area contributed by atoms with Crippen LogP contribution in [0.15, 0.2) is 11.1 Å². The minimum absolute atomic E-state index is 1.07. The molecule has 0 aliphatic heterocycles. The summed E-state index contributed by atoms with van der Waals surface area (Å²) in [5.41, 5.74) is 8.81. The van der Waals surface area contributed by atoms with E-state index in [0.29, 0.717) is 0 Å². The van der Waals surface area contributed by atoms with Gasteiger partial charge in [-0.05, 0) is 0 Å². The Hall–Kier alpha value is 0.106. The Labute approximate surface area is 197 Å². The van der Waals surface area contributed by atoms with Crippen molar-refractivity contribution in [2.75, 3.05) is 0 Å². The first-order valence-electron chi connectivity index (χ1n) is 11.9. The zero-order chi connectivity index (χ0) is 22.4. The normalized spacial score (nSPS) is 16.1. The monoisotopic (exact) mass is 568 g/mol. The molecule has 2 aliphatic rings. The molecule has 0 aromatic heterocycles. The Morgan fingerprint density at radius 1 is 0.600 bits per heavy atom. The standard InChI is InChI=1S/C26H38Cl2Ge2/c1-9-19-15-21-17(7)24-22(16-20(10-2)26(24)30(28,13-5)14-6)18(8)23(21)25(19)29(27,11-3)12-4/h15-16H,9-14H2,1-8H3. The molecule has 0 saturated carbocycles. The Kier molecular flexibility index (Phi) is 7.55. The molecule has 1 aromatic rings. The second-order valence-electron chi connectivity index (χ2n) is 8.97. The van der Waals surface area contributed by atoms with Gasteiger partial charge in [0.2, 0.25) is 0 Å². The Balaban J connectivity index is 2.56. The summed E-state index contributed by atoms with van der Waals surface area (Å²) in [4.78, 5) is 0. The molecule has 0 spiro atoms. The van der Waals surface area contributed by atoms with Crippen LogP contribution < -0.4 is 10.4 Å². The molecule has 3 rings (SSSR count). The van der Waals surface area contributed by atoms with Crippen molar-refractivity contribution in [1.29, 1.82) is 0 Å². The maximum absolute atomic E-state index is 7.47. The number of allylic oxidation sites excluding steroid dienone is 2. The van der Waals surface area contributed by atoms with Crippen LogP contribution in [0.4, 0.5) is 0 Å². The molecule has 0 amide bonds. The molecule has 30 heavy (non-hydrogen) atoms. The van der Waals surface area contributed by atoms with Crippen LogP contribution in [0.2, 0.25) is 21.0 Å². The predicted octanol–water partition coefficient (Wildman–Crippen LogP) is 7.75. The molecular formula is C26H38Cl2Ge2. The van der Waals surface area contributed by atoms with E-state index in [0.717, 1.165) is 33.9 Å². The third-order valence-electron chi connectivity index (χ3n) is 7.78. The maximum atomic E-state index is 7.47. The first-order valence-corrected chi connectivity index (χ1v) is 25.4. The van der Waals surface area contributed by atoms with Crippen LogP contribution >= 0.6 is 20.0 Å². The zero-order valence-corrected chi connectivity index (χ0v) is 25.9. The fourth-order valence-electron chi connectivity index (χ4n) is 5.66. The van der Waals surface area contributed by atoms with E-state index in [1.165, 1.54) is 43.8 Å². The van der Waals surface area contributed by atoms with Crippen LogP contribution in [0, 0.1) is 13.8 Å². The molecule has 0 radical (unpaired) electrons. The van der Waals surface area contributed by atoms with Crippen LogP contribution in [0.25, 0.3) is 21.0 Å². The summed E-state index contributed by atoms with van der Waals surface area (Å²) in [5, 5.41) is 7.54. The van der Waals surface area contributed by atoms with Crippen molar-refractivity contribution in [2.45, 2.75) is 89.2 Å². The van der Waals surface area contributed by atoms with Gasteiger partial charge in [-0.3, -0.25) is 0 Å². The molecule has 0 nitrogen and oxygen atoms in total. The average molecular weight is 567 g/mol. The van der Waals surface area contributed by atoms with Gasteiger partial charge >= 0.3 is 199 Å². The zero-order valence-electron chi connectivity index (χ0n) is 20.2. The quantitative estimate of drug-likeness (QED) is 0.282. The number of fused-ring (bicyclic) bond motifs is 2. The van der Waals surface area contributed by atoms with E-state index in [1.54, 1.807) is 8.81 Å². The molecule has 2 aliphatic carbocycles. The summed E-state index contributed by atoms with van der Waals surface area (Å²) < 4.78 is 3.15. The second-order valence-corrected chi connectivity index (χ2v) is 32.6. The van der Waals surface area contributed by atoms with Gasteiger partial charge < -0.3 is 0 Å². The van der Waals surface area contributed by atoms with Gasteiger partial charge in [-0.1, -0.05) is 0 Å². The SMILES string of the molecule is CCC1=Cc2c(C)c3c(c(C)c2=[C]1[Ge]([Cl])([CH2]C)[CH2]C)C=C(CC)[C]=3[Ge]([Cl])([CH2]C)[CH2]C. The van der Waals surface area contributed by atoms with Crippen molar-refractivity contribution in [3.63, 3.8) is 0 Å². The first kappa shape index (κ1) is 24.7. The average Bonchev–Trinajstić information content (AvgIpc) is 3.36. The van der Waals surface area contributed by atoms with Gasteiger partial charge in [0.05, 0.1) is 0 Å². The fraction of sp³-hybridized carbons (Fsp3) is 0.538. The number of rotatable bonds is 8. The second kappa shape index (κ2) is 9.16. The van der Waals surface area contributed by atoms with E-state index in [4.69, 9.17) is 20.0 Å². The summed E-state index contributed by atoms with van der Waals surface area (Å²) in [6.07, 6.45) is 7.12. The molecular weight excluding hydrogens is 528 g/mol. The van der Waals surface area contributed by atoms with Gasteiger partial charge in [-0.15, -0.1) is 0 Å². The van der Waals surface area contributed by atoms with Crippen LogP contribution in [0.5, 0.6) is 0 Å². The molecule has 0 bridgehead atoms. The van der Waals surface area contributed by atoms with Gasteiger partial charge in [-0.25, -0.2) is 0 Å². The van der Waals surface area contributed by atoms with E-state index in [2.05, 4.69) is 67.5 Å². The number of halogens is 2. The van der Waals surface area contributed by atoms with Gasteiger partial charge in [-0.2, -0.15) is 0 Å². The molecule has 0 fully saturated rings. The molecule has 0 unspecified atom stereocenters. The van der Waals surface area contributed by atoms with Gasteiger partial charge in [0.15, 0.2) is 0 Å². The van der Waals surface area contributed by atoms with Crippen LogP contribution in [0.1, 0.15) is 76.6 Å². The molecule has 0 heterocycles. The van der Waals surface area contributed by atoms with Crippen LogP contribution in [-0.2, 0) is 0 Å². The third-order valence-corrected chi connectivity index (χ3v) is 30.9. The molecule has 0 atom stereocenters. The number of hydrogen-bond donors (Lipinski definition) is 0. The van der Waals surface area contributed by atoms with E-state index >= 15 is 0 Å². The van der Waals surface area contributed by atoms with Gasteiger partial charge in [0.1, 0.15) is 0 Å². The van der Waals surface area contributed by atoms with E-state index in [1.807, 2.05) is 0 Å². The van der Waals surface area contributed by atoms with Crippen molar-refractivity contribution in [3.8, 4) is 0 Å². The van der Waals surface area contributed by atoms with Crippen molar-refractivity contribution in [1.82, 2.24) is 0 Å². The molecule has 4 heteroatoms. The van der Waals surface area contributed by atoms with E-state index in [-0.39, 0.29) is 0 Å². The first-order chi connectivity index (χ1) is 14.2. The van der Waals surface area contributed by atoms with E-state index < -0.39 is 24.7 Å². The van der Waals surface area contributed by atoms with Crippen molar-refractivity contribution in [2.24, 2.45) is 0 Å². The summed E-state index contributed by atoms with van der Waals surface area (Å²) in [6.45, 7) is 18.5. The minimum atomic E-state index is -2.60. The number of benzene rings is 1. The summed E-state index contributed by atoms with van der Waals surface area (Å²) in [6, 6.07) is 0. The van der Waals surface area contributed by atoms with Crippen LogP contribution in [-0.4, -0.2) is 24.7 Å². The summed E-state index contributed by atoms with van der Waals surface area (Å²) >= 11 is -5.20.